The third-order valence-corrected chi connectivity index (χ3v) is 3.91. The highest BCUT2D eigenvalue weighted by Gasteiger charge is 2.31. The number of ether oxygens (including phenoxy) is 2. The minimum absolute atomic E-state index is 0.0498. The number of hydrogen-bond donors (Lipinski definition) is 2. The molecule has 120 valence electrons. The minimum Gasteiger partial charge on any atom is -0.464 e. The number of esters is 2. The zero-order chi connectivity index (χ0) is 15.7. The predicted octanol–water partition coefficient (Wildman–Crippen LogP) is -0.307. The van der Waals surface area contributed by atoms with Crippen LogP contribution in [-0.4, -0.2) is 61.2 Å². The summed E-state index contributed by atoms with van der Waals surface area (Å²) in [7, 11) is 0. The lowest BCUT2D eigenvalue weighted by Gasteiger charge is -2.23. The van der Waals surface area contributed by atoms with Crippen molar-refractivity contribution < 1.29 is 23.9 Å². The Morgan fingerprint density at radius 2 is 1.86 bits per heavy atom. The van der Waals surface area contributed by atoms with E-state index in [2.05, 4.69) is 10.6 Å². The predicted molar refractivity (Wildman–Crippen MR) is 78.9 cm³/mol. The topological polar surface area (TPSA) is 93.7 Å². The Labute approximate surface area is 128 Å². The van der Waals surface area contributed by atoms with E-state index < -0.39 is 18.0 Å². The maximum atomic E-state index is 12.0. The van der Waals surface area contributed by atoms with Crippen molar-refractivity contribution in [3.63, 3.8) is 0 Å². The van der Waals surface area contributed by atoms with E-state index in [0.717, 1.165) is 18.1 Å². The smallest absolute Gasteiger partial charge is 0.340 e. The van der Waals surface area contributed by atoms with Gasteiger partial charge in [0.05, 0.1) is 13.2 Å². The van der Waals surface area contributed by atoms with Crippen molar-refractivity contribution in [2.75, 3.05) is 31.3 Å². The van der Waals surface area contributed by atoms with E-state index in [4.69, 9.17) is 9.47 Å². The first kappa shape index (κ1) is 17.8. The highest BCUT2D eigenvalue weighted by atomic mass is 32.2. The molecule has 0 bridgehead atoms. The first-order valence-electron chi connectivity index (χ1n) is 7.02. The lowest BCUT2D eigenvalue weighted by molar-refractivity contribution is -0.159. The van der Waals surface area contributed by atoms with Crippen molar-refractivity contribution in [1.29, 1.82) is 0 Å². The molecule has 1 atom stereocenters. The zero-order valence-corrected chi connectivity index (χ0v) is 13.2. The summed E-state index contributed by atoms with van der Waals surface area (Å²) >= 11 is 1.77. The molecule has 1 aliphatic heterocycles. The molecule has 7 nitrogen and oxygen atoms in total. The van der Waals surface area contributed by atoms with Gasteiger partial charge >= 0.3 is 11.9 Å². The van der Waals surface area contributed by atoms with Gasteiger partial charge in [-0.3, -0.25) is 4.79 Å². The Morgan fingerprint density at radius 3 is 2.33 bits per heavy atom. The van der Waals surface area contributed by atoms with Gasteiger partial charge < -0.3 is 20.1 Å². The van der Waals surface area contributed by atoms with Gasteiger partial charge in [0.1, 0.15) is 0 Å². The molecule has 0 aromatic rings. The van der Waals surface area contributed by atoms with Crippen LogP contribution in [0.1, 0.15) is 20.3 Å². The molecule has 0 aromatic carbocycles. The van der Waals surface area contributed by atoms with Crippen LogP contribution in [0.15, 0.2) is 0 Å². The molecule has 1 aliphatic rings. The molecule has 1 fully saturated rings. The number of hydrogen-bond acceptors (Lipinski definition) is 7. The van der Waals surface area contributed by atoms with Crippen LogP contribution in [0.4, 0.5) is 0 Å². The summed E-state index contributed by atoms with van der Waals surface area (Å²) in [6.45, 7) is 4.37. The van der Waals surface area contributed by atoms with Crippen LogP contribution in [0.2, 0.25) is 0 Å². The van der Waals surface area contributed by atoms with Crippen LogP contribution in [-0.2, 0) is 23.9 Å². The van der Waals surface area contributed by atoms with Crippen LogP contribution in [0, 0.1) is 0 Å². The van der Waals surface area contributed by atoms with Gasteiger partial charge in [-0.2, -0.15) is 11.8 Å². The summed E-state index contributed by atoms with van der Waals surface area (Å²) in [6.07, 6.45) is 0.211. The number of thioether (sulfide) groups is 1. The van der Waals surface area contributed by atoms with Gasteiger partial charge in [-0.1, -0.05) is 0 Å². The third-order valence-electron chi connectivity index (χ3n) is 2.78. The molecule has 0 radical (unpaired) electrons. The zero-order valence-electron chi connectivity index (χ0n) is 12.3. The van der Waals surface area contributed by atoms with Gasteiger partial charge in [-0.15, -0.1) is 0 Å². The summed E-state index contributed by atoms with van der Waals surface area (Å²) in [4.78, 5) is 35.4. The summed E-state index contributed by atoms with van der Waals surface area (Å²) in [5, 5.41) is 5.61. The normalized spacial score (nSPS) is 18.1. The number of carbonyl (C=O) groups excluding carboxylic acids is 3. The first-order chi connectivity index (χ1) is 10.1. The fraction of sp³-hybridized carbons (Fsp3) is 0.769. The fourth-order valence-electron chi connectivity index (χ4n) is 1.86. The molecular formula is C13H22N2O5S. The van der Waals surface area contributed by atoms with Crippen LogP contribution in [0.3, 0.4) is 0 Å². The molecule has 1 saturated heterocycles. The Hall–Kier alpha value is -1.28. The van der Waals surface area contributed by atoms with Crippen molar-refractivity contribution in [1.82, 2.24) is 10.6 Å². The molecule has 21 heavy (non-hydrogen) atoms. The quantitative estimate of drug-likeness (QED) is 0.491. The number of carbonyl (C=O) groups is 3. The maximum absolute atomic E-state index is 12.0. The maximum Gasteiger partial charge on any atom is 0.340 e. The van der Waals surface area contributed by atoms with Gasteiger partial charge in [0.25, 0.3) is 0 Å². The van der Waals surface area contributed by atoms with Crippen LogP contribution in [0.5, 0.6) is 0 Å². The van der Waals surface area contributed by atoms with Crippen molar-refractivity contribution in [3.8, 4) is 0 Å². The molecule has 0 aromatic heterocycles. The van der Waals surface area contributed by atoms with E-state index in [1.54, 1.807) is 25.6 Å². The molecule has 2 N–H and O–H groups in total. The second-order valence-corrected chi connectivity index (χ2v) is 5.58. The summed E-state index contributed by atoms with van der Waals surface area (Å²) < 4.78 is 9.58. The molecule has 8 heteroatoms. The number of rotatable bonds is 7. The fourth-order valence-corrected chi connectivity index (χ4v) is 2.81. The van der Waals surface area contributed by atoms with E-state index in [0.29, 0.717) is 0 Å². The molecule has 1 rings (SSSR count). The summed E-state index contributed by atoms with van der Waals surface area (Å²) in [6, 6.07) is -1.34. The van der Waals surface area contributed by atoms with Gasteiger partial charge in [0, 0.05) is 30.5 Å². The molecule has 1 amide bonds. The Kier molecular flexibility index (Phi) is 8.14. The summed E-state index contributed by atoms with van der Waals surface area (Å²) in [5.74, 6) is -0.116. The van der Waals surface area contributed by atoms with Gasteiger partial charge in [0.15, 0.2) is 0 Å². The average Bonchev–Trinajstić information content (AvgIpc) is 2.46. The third kappa shape index (κ3) is 6.34. The standard InChI is InChI=1S/C13H22N2O5S/c1-3-19-12(17)11(13(18)20-4-2)15-10(16)7-9-8-21-6-5-14-9/h9,11,14H,3-8H2,1-2H3,(H,15,16). The van der Waals surface area contributed by atoms with E-state index in [9.17, 15) is 14.4 Å². The molecule has 1 heterocycles. The van der Waals surface area contributed by atoms with Crippen molar-refractivity contribution >= 4 is 29.6 Å². The van der Waals surface area contributed by atoms with Gasteiger partial charge in [0.2, 0.25) is 11.9 Å². The Balaban J connectivity index is 2.55. The minimum atomic E-state index is -1.39. The average molecular weight is 318 g/mol. The van der Waals surface area contributed by atoms with E-state index in [1.807, 2.05) is 0 Å². The largest absolute Gasteiger partial charge is 0.464 e. The first-order valence-corrected chi connectivity index (χ1v) is 8.17. The number of nitrogens with one attached hydrogen (secondary N) is 2. The Bertz CT molecular complexity index is 354. The van der Waals surface area contributed by atoms with E-state index in [-0.39, 0.29) is 31.6 Å². The van der Waals surface area contributed by atoms with E-state index in [1.165, 1.54) is 0 Å². The van der Waals surface area contributed by atoms with Crippen molar-refractivity contribution in [3.05, 3.63) is 0 Å². The molecule has 0 spiro atoms. The van der Waals surface area contributed by atoms with Crippen LogP contribution >= 0.6 is 11.8 Å². The summed E-state index contributed by atoms with van der Waals surface area (Å²) in [5.41, 5.74) is 0. The highest BCUT2D eigenvalue weighted by Crippen LogP contribution is 2.10. The lowest BCUT2D eigenvalue weighted by Crippen LogP contribution is -2.50. The highest BCUT2D eigenvalue weighted by molar-refractivity contribution is 7.99. The second kappa shape index (κ2) is 9.62. The Morgan fingerprint density at radius 1 is 1.24 bits per heavy atom. The molecular weight excluding hydrogens is 296 g/mol. The second-order valence-electron chi connectivity index (χ2n) is 4.43. The van der Waals surface area contributed by atoms with Crippen molar-refractivity contribution in [2.24, 2.45) is 0 Å². The van der Waals surface area contributed by atoms with Crippen molar-refractivity contribution in [2.45, 2.75) is 32.4 Å². The molecule has 0 aliphatic carbocycles. The lowest BCUT2D eigenvalue weighted by atomic mass is 10.2. The van der Waals surface area contributed by atoms with Crippen LogP contribution < -0.4 is 10.6 Å². The number of amides is 1. The molecule has 0 saturated carbocycles. The van der Waals surface area contributed by atoms with Gasteiger partial charge in [-0.05, 0) is 13.8 Å². The monoisotopic (exact) mass is 318 g/mol. The van der Waals surface area contributed by atoms with E-state index >= 15 is 0 Å². The SMILES string of the molecule is CCOC(=O)C(NC(=O)CC1CSCCN1)C(=O)OCC. The molecule has 1 unspecified atom stereocenters. The van der Waals surface area contributed by atoms with Crippen LogP contribution in [0.25, 0.3) is 0 Å². The van der Waals surface area contributed by atoms with Gasteiger partial charge in [-0.25, -0.2) is 9.59 Å².